The maximum Gasteiger partial charge on any atom is 0.254 e. The summed E-state index contributed by atoms with van der Waals surface area (Å²) in [7, 11) is 1.64. The van der Waals surface area contributed by atoms with Crippen molar-refractivity contribution in [3.8, 4) is 5.75 Å². The first kappa shape index (κ1) is 22.9. The first-order valence-electron chi connectivity index (χ1n) is 12.6. The molecule has 1 aliphatic carbocycles. The molecule has 34 heavy (non-hydrogen) atoms. The van der Waals surface area contributed by atoms with Crippen LogP contribution in [0.15, 0.2) is 48.5 Å². The number of hydrogen-bond donors (Lipinski definition) is 1. The highest BCUT2D eigenvalue weighted by molar-refractivity contribution is 6.01. The smallest absolute Gasteiger partial charge is 0.254 e. The number of carbonyl (C=O) groups is 2. The molecule has 1 saturated carbocycles. The Morgan fingerprint density at radius 3 is 2.50 bits per heavy atom. The van der Waals surface area contributed by atoms with E-state index in [-0.39, 0.29) is 30.0 Å². The van der Waals surface area contributed by atoms with Crippen LogP contribution in [-0.2, 0) is 9.53 Å². The van der Waals surface area contributed by atoms with E-state index in [4.69, 9.17) is 9.47 Å². The second-order valence-corrected chi connectivity index (χ2v) is 9.67. The summed E-state index contributed by atoms with van der Waals surface area (Å²) in [6.07, 6.45) is 7.45. The fraction of sp³-hybridized carbons (Fsp3) is 0.500. The van der Waals surface area contributed by atoms with Gasteiger partial charge in [-0.25, -0.2) is 0 Å². The van der Waals surface area contributed by atoms with E-state index in [1.165, 1.54) is 6.42 Å². The number of benzene rings is 2. The van der Waals surface area contributed by atoms with Crippen LogP contribution in [0.1, 0.15) is 78.4 Å². The van der Waals surface area contributed by atoms with Gasteiger partial charge >= 0.3 is 0 Å². The zero-order valence-electron chi connectivity index (χ0n) is 19.9. The van der Waals surface area contributed by atoms with Gasteiger partial charge in [0.1, 0.15) is 5.75 Å². The number of rotatable bonds is 6. The van der Waals surface area contributed by atoms with Crippen LogP contribution < -0.4 is 10.1 Å². The summed E-state index contributed by atoms with van der Waals surface area (Å²) in [5.41, 5.74) is 2.42. The van der Waals surface area contributed by atoms with Gasteiger partial charge in [0.05, 0.1) is 25.2 Å². The van der Waals surface area contributed by atoms with Crippen LogP contribution in [-0.4, -0.2) is 49.1 Å². The number of fused-ring (bicyclic) bond motifs is 1. The molecule has 2 fully saturated rings. The molecule has 0 spiro atoms. The minimum Gasteiger partial charge on any atom is -0.497 e. The fourth-order valence-electron chi connectivity index (χ4n) is 5.88. The van der Waals surface area contributed by atoms with E-state index < -0.39 is 5.92 Å². The molecule has 2 heterocycles. The van der Waals surface area contributed by atoms with Crippen molar-refractivity contribution in [1.82, 2.24) is 10.2 Å². The van der Waals surface area contributed by atoms with Crippen LogP contribution in [0.25, 0.3) is 0 Å². The Morgan fingerprint density at radius 2 is 1.79 bits per heavy atom. The average molecular weight is 463 g/mol. The molecule has 0 unspecified atom stereocenters. The van der Waals surface area contributed by atoms with Crippen LogP contribution in [0, 0.1) is 0 Å². The molecule has 1 saturated heterocycles. The molecule has 6 heteroatoms. The van der Waals surface area contributed by atoms with Gasteiger partial charge in [-0.1, -0.05) is 49.6 Å². The Balaban J connectivity index is 1.56. The van der Waals surface area contributed by atoms with Crippen LogP contribution in [0.5, 0.6) is 5.75 Å². The molecule has 3 atom stereocenters. The van der Waals surface area contributed by atoms with Crippen molar-refractivity contribution in [3.63, 3.8) is 0 Å². The second kappa shape index (κ2) is 10.2. The molecule has 6 nitrogen and oxygen atoms in total. The molecule has 0 bridgehead atoms. The first-order chi connectivity index (χ1) is 16.7. The molecule has 180 valence electrons. The summed E-state index contributed by atoms with van der Waals surface area (Å²) < 4.78 is 11.1. The van der Waals surface area contributed by atoms with Gasteiger partial charge in [-0.05, 0) is 55.0 Å². The summed E-state index contributed by atoms with van der Waals surface area (Å²) in [6, 6.07) is 15.2. The third-order valence-electron chi connectivity index (χ3n) is 7.61. The van der Waals surface area contributed by atoms with Crippen molar-refractivity contribution in [2.45, 2.75) is 69.1 Å². The zero-order valence-corrected chi connectivity index (χ0v) is 19.9. The molecule has 0 aromatic heterocycles. The molecular weight excluding hydrogens is 428 g/mol. The van der Waals surface area contributed by atoms with Crippen molar-refractivity contribution < 1.29 is 19.1 Å². The number of ether oxygens (including phenoxy) is 2. The van der Waals surface area contributed by atoms with Crippen molar-refractivity contribution in [2.24, 2.45) is 0 Å². The Labute approximate surface area is 201 Å². The second-order valence-electron chi connectivity index (χ2n) is 9.67. The molecule has 3 aliphatic rings. The van der Waals surface area contributed by atoms with E-state index in [2.05, 4.69) is 5.32 Å². The van der Waals surface area contributed by atoms with Crippen molar-refractivity contribution in [2.75, 3.05) is 20.3 Å². The molecule has 2 aromatic rings. The lowest BCUT2D eigenvalue weighted by atomic mass is 9.77. The third kappa shape index (κ3) is 4.43. The molecule has 2 amide bonds. The van der Waals surface area contributed by atoms with Gasteiger partial charge in [-0.3, -0.25) is 9.59 Å². The predicted octanol–water partition coefficient (Wildman–Crippen LogP) is 4.60. The summed E-state index contributed by atoms with van der Waals surface area (Å²) in [5, 5.41) is 3.17. The summed E-state index contributed by atoms with van der Waals surface area (Å²) in [4.78, 5) is 29.8. The lowest BCUT2D eigenvalue weighted by Crippen LogP contribution is -2.52. The van der Waals surface area contributed by atoms with Gasteiger partial charge in [0, 0.05) is 24.8 Å². The van der Waals surface area contributed by atoms with Gasteiger partial charge < -0.3 is 19.7 Å². The third-order valence-corrected chi connectivity index (χ3v) is 7.61. The van der Waals surface area contributed by atoms with Crippen LogP contribution >= 0.6 is 0 Å². The van der Waals surface area contributed by atoms with E-state index in [0.29, 0.717) is 12.1 Å². The van der Waals surface area contributed by atoms with E-state index in [1.807, 2.05) is 53.4 Å². The van der Waals surface area contributed by atoms with Crippen molar-refractivity contribution in [3.05, 3.63) is 65.2 Å². The van der Waals surface area contributed by atoms with E-state index in [1.54, 1.807) is 7.11 Å². The standard InChI is InChI=1S/C28H34N2O4/c1-33-21-15-13-19(14-16-21)26-25(27(31)29-18-22-10-7-17-34-22)23-11-5-6-12-24(23)28(32)30(26)20-8-3-2-4-9-20/h5-6,11-16,20,22,25-26H,2-4,7-10,17-18H2,1H3,(H,29,31)/t22-,25+,26-/m1/s1. The van der Waals surface area contributed by atoms with Crippen LogP contribution in [0.3, 0.4) is 0 Å². The molecular formula is C28H34N2O4. The lowest BCUT2D eigenvalue weighted by molar-refractivity contribution is -0.125. The van der Waals surface area contributed by atoms with Gasteiger partial charge in [0.25, 0.3) is 5.91 Å². The normalized spacial score (nSPS) is 25.1. The van der Waals surface area contributed by atoms with Crippen molar-refractivity contribution >= 4 is 11.8 Å². The van der Waals surface area contributed by atoms with E-state index >= 15 is 0 Å². The van der Waals surface area contributed by atoms with Crippen LogP contribution in [0.4, 0.5) is 0 Å². The molecule has 2 aromatic carbocycles. The predicted molar refractivity (Wildman–Crippen MR) is 130 cm³/mol. The number of methoxy groups -OCH3 is 1. The monoisotopic (exact) mass is 462 g/mol. The molecule has 2 aliphatic heterocycles. The number of carbonyl (C=O) groups excluding carboxylic acids is 2. The Kier molecular flexibility index (Phi) is 6.86. The topological polar surface area (TPSA) is 67.9 Å². The summed E-state index contributed by atoms with van der Waals surface area (Å²) >= 11 is 0. The van der Waals surface area contributed by atoms with Crippen molar-refractivity contribution in [1.29, 1.82) is 0 Å². The van der Waals surface area contributed by atoms with Crippen LogP contribution in [0.2, 0.25) is 0 Å². The quantitative estimate of drug-likeness (QED) is 0.681. The Bertz CT molecular complexity index is 1010. The summed E-state index contributed by atoms with van der Waals surface area (Å²) in [5.74, 6) is 0.268. The van der Waals surface area contributed by atoms with Gasteiger partial charge in [0.15, 0.2) is 0 Å². The SMILES string of the molecule is COc1ccc([C@@H]2[C@@H](C(=O)NC[C@H]3CCCO3)c3ccccc3C(=O)N2C2CCCCC2)cc1. The maximum atomic E-state index is 13.9. The van der Waals surface area contributed by atoms with Gasteiger partial charge in [-0.15, -0.1) is 0 Å². The van der Waals surface area contributed by atoms with E-state index in [0.717, 1.165) is 62.0 Å². The highest BCUT2D eigenvalue weighted by Gasteiger charge is 2.46. The average Bonchev–Trinajstić information content (AvgIpc) is 3.41. The zero-order chi connectivity index (χ0) is 23.5. The maximum absolute atomic E-state index is 13.9. The minimum atomic E-state index is -0.481. The highest BCUT2D eigenvalue weighted by Crippen LogP contribution is 2.46. The van der Waals surface area contributed by atoms with Gasteiger partial charge in [0.2, 0.25) is 5.91 Å². The molecule has 5 rings (SSSR count). The lowest BCUT2D eigenvalue weighted by Gasteiger charge is -2.46. The number of nitrogens with zero attached hydrogens (tertiary/aromatic N) is 1. The van der Waals surface area contributed by atoms with E-state index in [9.17, 15) is 9.59 Å². The summed E-state index contributed by atoms with van der Waals surface area (Å²) in [6.45, 7) is 1.26. The first-order valence-corrected chi connectivity index (χ1v) is 12.6. The number of hydrogen-bond acceptors (Lipinski definition) is 4. The molecule has 0 radical (unpaired) electrons. The Hall–Kier alpha value is -2.86. The Morgan fingerprint density at radius 1 is 1.03 bits per heavy atom. The number of amides is 2. The van der Waals surface area contributed by atoms with Gasteiger partial charge in [-0.2, -0.15) is 0 Å². The number of nitrogens with one attached hydrogen (secondary N) is 1. The fourth-order valence-corrected chi connectivity index (χ4v) is 5.88. The molecule has 1 N–H and O–H groups in total. The highest BCUT2D eigenvalue weighted by atomic mass is 16.5. The minimum absolute atomic E-state index is 0.0338. The largest absolute Gasteiger partial charge is 0.497 e.